The predicted molar refractivity (Wildman–Crippen MR) is 102 cm³/mol. The van der Waals surface area contributed by atoms with Crippen molar-refractivity contribution in [3.8, 4) is 5.75 Å². The largest absolute Gasteiger partial charge is 0.491 e. The first-order chi connectivity index (χ1) is 12.8. The third kappa shape index (κ3) is 5.33. The quantitative estimate of drug-likeness (QED) is 0.579. The molecule has 8 nitrogen and oxygen atoms in total. The van der Waals surface area contributed by atoms with Gasteiger partial charge in [0.05, 0.1) is 31.5 Å². The van der Waals surface area contributed by atoms with E-state index in [9.17, 15) is 9.90 Å². The Balaban J connectivity index is 2.34. The summed E-state index contributed by atoms with van der Waals surface area (Å²) in [4.78, 5) is 11.2. The van der Waals surface area contributed by atoms with Gasteiger partial charge in [-0.1, -0.05) is 32.9 Å². The number of rotatable bonds is 9. The van der Waals surface area contributed by atoms with Crippen LogP contribution >= 0.6 is 0 Å². The molecule has 3 N–H and O–H groups in total. The van der Waals surface area contributed by atoms with E-state index in [0.717, 1.165) is 11.8 Å². The van der Waals surface area contributed by atoms with Crippen LogP contribution in [0.3, 0.4) is 0 Å². The Labute approximate surface area is 159 Å². The average Bonchev–Trinajstić information content (AvgIpc) is 2.95. The Hall–Kier alpha value is -2.32. The SMILES string of the molecule is COCCCOc1cccc2c(CO)n(CC(NC(=O)O)C(C)(C)C)nc12. The molecule has 0 spiro atoms. The first kappa shape index (κ1) is 21.0. The predicted octanol–water partition coefficient (Wildman–Crippen LogP) is 2.63. The topological polar surface area (TPSA) is 106 Å². The van der Waals surface area contributed by atoms with Gasteiger partial charge in [0.1, 0.15) is 11.3 Å². The molecular weight excluding hydrogens is 350 g/mol. The number of ether oxygens (including phenoxy) is 2. The van der Waals surface area contributed by atoms with E-state index in [1.54, 1.807) is 11.8 Å². The van der Waals surface area contributed by atoms with E-state index in [0.29, 0.717) is 36.7 Å². The molecule has 1 heterocycles. The number of fused-ring (bicyclic) bond motifs is 1. The van der Waals surface area contributed by atoms with Gasteiger partial charge in [-0.3, -0.25) is 4.68 Å². The summed E-state index contributed by atoms with van der Waals surface area (Å²) in [5, 5.41) is 27.0. The van der Waals surface area contributed by atoms with Crippen molar-refractivity contribution in [2.45, 2.75) is 46.4 Å². The maximum absolute atomic E-state index is 11.2. The van der Waals surface area contributed by atoms with Gasteiger partial charge in [0, 0.05) is 25.5 Å². The van der Waals surface area contributed by atoms with Crippen LogP contribution < -0.4 is 10.1 Å². The molecule has 0 saturated heterocycles. The van der Waals surface area contributed by atoms with Crippen molar-refractivity contribution in [2.75, 3.05) is 20.3 Å². The van der Waals surface area contributed by atoms with Crippen LogP contribution in [0.1, 0.15) is 32.9 Å². The van der Waals surface area contributed by atoms with Gasteiger partial charge in [-0.2, -0.15) is 5.10 Å². The number of aliphatic hydroxyl groups excluding tert-OH is 1. The summed E-state index contributed by atoms with van der Waals surface area (Å²) in [6, 6.07) is 5.20. The fraction of sp³-hybridized carbons (Fsp3) is 0.579. The van der Waals surface area contributed by atoms with Crippen molar-refractivity contribution < 1.29 is 24.5 Å². The second kappa shape index (κ2) is 9.05. The van der Waals surface area contributed by atoms with Gasteiger partial charge in [-0.15, -0.1) is 0 Å². The van der Waals surface area contributed by atoms with Crippen molar-refractivity contribution in [2.24, 2.45) is 5.41 Å². The highest BCUT2D eigenvalue weighted by Crippen LogP contribution is 2.29. The maximum Gasteiger partial charge on any atom is 0.404 e. The lowest BCUT2D eigenvalue weighted by molar-refractivity contribution is 0.166. The smallest absolute Gasteiger partial charge is 0.404 e. The molecule has 1 atom stereocenters. The van der Waals surface area contributed by atoms with E-state index in [4.69, 9.17) is 14.6 Å². The zero-order valence-corrected chi connectivity index (χ0v) is 16.4. The Kier molecular flexibility index (Phi) is 7.04. The van der Waals surface area contributed by atoms with Crippen molar-refractivity contribution in [1.29, 1.82) is 0 Å². The molecule has 0 saturated carbocycles. The van der Waals surface area contributed by atoms with E-state index in [1.165, 1.54) is 0 Å². The molecule has 27 heavy (non-hydrogen) atoms. The molecule has 1 amide bonds. The summed E-state index contributed by atoms with van der Waals surface area (Å²) in [6.07, 6.45) is -0.325. The zero-order chi connectivity index (χ0) is 20.0. The summed E-state index contributed by atoms with van der Waals surface area (Å²) in [6.45, 7) is 7.09. The molecule has 1 aromatic carbocycles. The van der Waals surface area contributed by atoms with Crippen LogP contribution in [-0.4, -0.2) is 52.5 Å². The summed E-state index contributed by atoms with van der Waals surface area (Å²) in [5.41, 5.74) is 0.971. The second-order valence-corrected chi connectivity index (χ2v) is 7.50. The highest BCUT2D eigenvalue weighted by Gasteiger charge is 2.28. The van der Waals surface area contributed by atoms with Crippen molar-refractivity contribution >= 4 is 17.0 Å². The molecule has 2 rings (SSSR count). The maximum atomic E-state index is 11.2. The zero-order valence-electron chi connectivity index (χ0n) is 16.4. The molecule has 0 aliphatic heterocycles. The number of benzene rings is 1. The van der Waals surface area contributed by atoms with Gasteiger partial charge >= 0.3 is 6.09 Å². The number of nitrogens with zero attached hydrogens (tertiary/aromatic N) is 2. The van der Waals surface area contributed by atoms with Crippen LogP contribution in [0.5, 0.6) is 5.75 Å². The standard InChI is InChI=1S/C19H29N3O5/c1-19(2,3)16(20-18(24)25)11-22-14(12-23)13-7-5-8-15(17(13)21-22)27-10-6-9-26-4/h5,7-8,16,20,23H,6,9-12H2,1-4H3,(H,24,25). The third-order valence-corrected chi connectivity index (χ3v) is 4.44. The second-order valence-electron chi connectivity index (χ2n) is 7.50. The highest BCUT2D eigenvalue weighted by atomic mass is 16.5. The van der Waals surface area contributed by atoms with Gasteiger partial charge in [0.2, 0.25) is 0 Å². The van der Waals surface area contributed by atoms with Crippen LogP contribution in [0.25, 0.3) is 10.9 Å². The summed E-state index contributed by atoms with van der Waals surface area (Å²) in [5.74, 6) is 0.635. The van der Waals surface area contributed by atoms with Gasteiger partial charge in [-0.05, 0) is 11.5 Å². The third-order valence-electron chi connectivity index (χ3n) is 4.44. The van der Waals surface area contributed by atoms with Crippen molar-refractivity contribution in [1.82, 2.24) is 15.1 Å². The lowest BCUT2D eigenvalue weighted by Crippen LogP contribution is -2.46. The van der Waals surface area contributed by atoms with Gasteiger partial charge in [0.25, 0.3) is 0 Å². The number of amides is 1. The van der Waals surface area contributed by atoms with Crippen LogP contribution in [0.4, 0.5) is 4.79 Å². The lowest BCUT2D eigenvalue weighted by atomic mass is 9.86. The molecule has 0 fully saturated rings. The molecule has 1 unspecified atom stereocenters. The Morgan fingerprint density at radius 3 is 2.67 bits per heavy atom. The summed E-state index contributed by atoms with van der Waals surface area (Å²) >= 11 is 0. The van der Waals surface area contributed by atoms with Crippen LogP contribution in [0.2, 0.25) is 0 Å². The fourth-order valence-corrected chi connectivity index (χ4v) is 2.86. The number of hydrogen-bond donors (Lipinski definition) is 3. The first-order valence-electron chi connectivity index (χ1n) is 8.98. The molecule has 8 heteroatoms. The van der Waals surface area contributed by atoms with Crippen molar-refractivity contribution in [3.63, 3.8) is 0 Å². The molecule has 0 bridgehead atoms. The van der Waals surface area contributed by atoms with Gasteiger partial charge in [-0.25, -0.2) is 4.79 Å². The highest BCUT2D eigenvalue weighted by molar-refractivity contribution is 5.87. The number of nitrogens with one attached hydrogen (secondary N) is 1. The van der Waals surface area contributed by atoms with Crippen molar-refractivity contribution in [3.05, 3.63) is 23.9 Å². The number of hydrogen-bond acceptors (Lipinski definition) is 5. The Bertz CT molecular complexity index is 767. The van der Waals surface area contributed by atoms with E-state index in [1.807, 2.05) is 39.0 Å². The average molecular weight is 379 g/mol. The van der Waals surface area contributed by atoms with Crippen LogP contribution in [-0.2, 0) is 17.9 Å². The van der Waals surface area contributed by atoms with E-state index in [-0.39, 0.29) is 18.1 Å². The monoisotopic (exact) mass is 379 g/mol. The number of aliphatic hydroxyl groups is 1. The lowest BCUT2D eigenvalue weighted by Gasteiger charge is -2.30. The minimum Gasteiger partial charge on any atom is -0.491 e. The Morgan fingerprint density at radius 2 is 2.07 bits per heavy atom. The van der Waals surface area contributed by atoms with Gasteiger partial charge in [0.15, 0.2) is 0 Å². The Morgan fingerprint density at radius 1 is 1.33 bits per heavy atom. The minimum absolute atomic E-state index is 0.201. The minimum atomic E-state index is -1.08. The molecule has 0 aliphatic carbocycles. The van der Waals surface area contributed by atoms with Crippen LogP contribution in [0, 0.1) is 5.41 Å². The molecular formula is C19H29N3O5. The number of methoxy groups -OCH3 is 1. The number of carboxylic acid groups (broad SMARTS) is 1. The van der Waals surface area contributed by atoms with E-state index < -0.39 is 6.09 Å². The van der Waals surface area contributed by atoms with E-state index >= 15 is 0 Å². The normalized spacial score (nSPS) is 12.9. The molecule has 0 aliphatic rings. The molecule has 150 valence electrons. The summed E-state index contributed by atoms with van der Waals surface area (Å²) < 4.78 is 12.5. The van der Waals surface area contributed by atoms with E-state index in [2.05, 4.69) is 10.4 Å². The van der Waals surface area contributed by atoms with Crippen LogP contribution in [0.15, 0.2) is 18.2 Å². The molecule has 0 radical (unpaired) electrons. The molecule has 2 aromatic rings. The van der Waals surface area contributed by atoms with Gasteiger partial charge < -0.3 is 25.0 Å². The number of carbonyl (C=O) groups is 1. The number of aromatic nitrogens is 2. The summed E-state index contributed by atoms with van der Waals surface area (Å²) in [7, 11) is 1.65. The first-order valence-corrected chi connectivity index (χ1v) is 8.98. The molecule has 1 aromatic heterocycles. The fourth-order valence-electron chi connectivity index (χ4n) is 2.86.